The summed E-state index contributed by atoms with van der Waals surface area (Å²) in [6, 6.07) is 2.04. The molecule has 1 aliphatic heterocycles. The van der Waals surface area contributed by atoms with Crippen molar-refractivity contribution in [2.24, 2.45) is 5.92 Å². The van der Waals surface area contributed by atoms with Gasteiger partial charge in [0.2, 0.25) is 0 Å². The van der Waals surface area contributed by atoms with Crippen molar-refractivity contribution in [1.29, 1.82) is 0 Å². The van der Waals surface area contributed by atoms with E-state index >= 15 is 0 Å². The first-order valence-electron chi connectivity index (χ1n) is 5.58. The standard InChI is InChI=1S/C12H18N2O/c1-10-8-13-5-2-12(10)14-9-11-3-6-15-7-4-11/h2,5,8,11H,3-4,6-7,9H2,1H3,(H,13,14). The van der Waals surface area contributed by atoms with Crippen LogP contribution in [0.5, 0.6) is 0 Å². The van der Waals surface area contributed by atoms with Crippen molar-refractivity contribution in [3.63, 3.8) is 0 Å². The van der Waals surface area contributed by atoms with E-state index in [-0.39, 0.29) is 0 Å². The van der Waals surface area contributed by atoms with Gasteiger partial charge in [0.25, 0.3) is 0 Å². The lowest BCUT2D eigenvalue weighted by atomic mass is 10.0. The monoisotopic (exact) mass is 206 g/mol. The SMILES string of the molecule is Cc1cnccc1NCC1CCOCC1. The molecule has 0 amide bonds. The Bertz CT molecular complexity index is 308. The van der Waals surface area contributed by atoms with Crippen LogP contribution < -0.4 is 5.32 Å². The lowest BCUT2D eigenvalue weighted by Crippen LogP contribution is -2.22. The summed E-state index contributed by atoms with van der Waals surface area (Å²) in [5.41, 5.74) is 2.42. The first-order valence-corrected chi connectivity index (χ1v) is 5.58. The van der Waals surface area contributed by atoms with E-state index in [0.29, 0.717) is 0 Å². The summed E-state index contributed by atoms with van der Waals surface area (Å²) < 4.78 is 5.34. The third kappa shape index (κ3) is 2.93. The Morgan fingerprint density at radius 3 is 3.00 bits per heavy atom. The maximum absolute atomic E-state index is 5.34. The second-order valence-corrected chi connectivity index (χ2v) is 4.13. The van der Waals surface area contributed by atoms with Gasteiger partial charge in [0.05, 0.1) is 0 Å². The second kappa shape index (κ2) is 5.12. The van der Waals surface area contributed by atoms with E-state index in [1.165, 1.54) is 24.1 Å². The van der Waals surface area contributed by atoms with Crippen LogP contribution in [-0.4, -0.2) is 24.7 Å². The number of aromatic nitrogens is 1. The van der Waals surface area contributed by atoms with Crippen LogP contribution in [0.25, 0.3) is 0 Å². The van der Waals surface area contributed by atoms with E-state index in [0.717, 1.165) is 25.7 Å². The van der Waals surface area contributed by atoms with Gasteiger partial charge in [0.15, 0.2) is 0 Å². The van der Waals surface area contributed by atoms with E-state index in [1.807, 2.05) is 18.5 Å². The van der Waals surface area contributed by atoms with Crippen LogP contribution in [0.1, 0.15) is 18.4 Å². The molecule has 1 aliphatic rings. The molecule has 3 nitrogen and oxygen atoms in total. The Hall–Kier alpha value is -1.09. The van der Waals surface area contributed by atoms with Gasteiger partial charge < -0.3 is 10.1 Å². The number of ether oxygens (including phenoxy) is 1. The first-order chi connectivity index (χ1) is 7.36. The van der Waals surface area contributed by atoms with Gasteiger partial charge in [-0.25, -0.2) is 0 Å². The Kier molecular flexibility index (Phi) is 3.56. The normalized spacial score (nSPS) is 17.7. The summed E-state index contributed by atoms with van der Waals surface area (Å²) in [6.07, 6.45) is 6.08. The summed E-state index contributed by atoms with van der Waals surface area (Å²) >= 11 is 0. The summed E-state index contributed by atoms with van der Waals surface area (Å²) in [7, 11) is 0. The fourth-order valence-electron chi connectivity index (χ4n) is 1.88. The first kappa shape index (κ1) is 10.4. The van der Waals surface area contributed by atoms with Gasteiger partial charge in [-0.3, -0.25) is 4.98 Å². The molecule has 0 atom stereocenters. The van der Waals surface area contributed by atoms with Crippen LogP contribution in [0.3, 0.4) is 0 Å². The van der Waals surface area contributed by atoms with Crippen molar-refractivity contribution >= 4 is 5.69 Å². The number of aryl methyl sites for hydroxylation is 1. The number of hydrogen-bond acceptors (Lipinski definition) is 3. The van der Waals surface area contributed by atoms with Crippen LogP contribution in [0.15, 0.2) is 18.5 Å². The molecule has 0 bridgehead atoms. The zero-order valence-corrected chi connectivity index (χ0v) is 9.20. The predicted octanol–water partition coefficient (Wildman–Crippen LogP) is 2.23. The zero-order chi connectivity index (χ0) is 10.5. The quantitative estimate of drug-likeness (QED) is 0.823. The van der Waals surface area contributed by atoms with E-state index in [1.54, 1.807) is 0 Å². The molecule has 2 heterocycles. The van der Waals surface area contributed by atoms with Gasteiger partial charge in [-0.05, 0) is 37.3 Å². The van der Waals surface area contributed by atoms with Crippen molar-refractivity contribution in [2.45, 2.75) is 19.8 Å². The van der Waals surface area contributed by atoms with Gasteiger partial charge in [0, 0.05) is 37.8 Å². The Balaban J connectivity index is 1.84. The molecular weight excluding hydrogens is 188 g/mol. The average molecular weight is 206 g/mol. The van der Waals surface area contributed by atoms with Crippen molar-refractivity contribution < 1.29 is 4.74 Å². The minimum Gasteiger partial charge on any atom is -0.384 e. The highest BCUT2D eigenvalue weighted by atomic mass is 16.5. The largest absolute Gasteiger partial charge is 0.384 e. The Labute approximate surface area is 90.9 Å². The van der Waals surface area contributed by atoms with Crippen molar-refractivity contribution in [2.75, 3.05) is 25.1 Å². The molecule has 82 valence electrons. The lowest BCUT2D eigenvalue weighted by Gasteiger charge is -2.23. The lowest BCUT2D eigenvalue weighted by molar-refractivity contribution is 0.0699. The Morgan fingerprint density at radius 2 is 2.27 bits per heavy atom. The molecule has 3 heteroatoms. The highest BCUT2D eigenvalue weighted by Crippen LogP contribution is 2.17. The molecule has 0 aromatic carbocycles. The van der Waals surface area contributed by atoms with Crippen LogP contribution in [0.4, 0.5) is 5.69 Å². The van der Waals surface area contributed by atoms with Gasteiger partial charge in [-0.15, -0.1) is 0 Å². The molecule has 0 unspecified atom stereocenters. The highest BCUT2D eigenvalue weighted by molar-refractivity contribution is 5.48. The Morgan fingerprint density at radius 1 is 1.47 bits per heavy atom. The molecule has 1 saturated heterocycles. The second-order valence-electron chi connectivity index (χ2n) is 4.13. The van der Waals surface area contributed by atoms with Crippen LogP contribution >= 0.6 is 0 Å². The van der Waals surface area contributed by atoms with Crippen LogP contribution in [-0.2, 0) is 4.74 Å². The summed E-state index contributed by atoms with van der Waals surface area (Å²) in [5.74, 6) is 0.756. The fraction of sp³-hybridized carbons (Fsp3) is 0.583. The third-order valence-corrected chi connectivity index (χ3v) is 2.94. The molecule has 15 heavy (non-hydrogen) atoms. The number of pyridine rings is 1. The van der Waals surface area contributed by atoms with Crippen molar-refractivity contribution in [1.82, 2.24) is 4.98 Å². The number of nitrogens with one attached hydrogen (secondary N) is 1. The van der Waals surface area contributed by atoms with E-state index in [9.17, 15) is 0 Å². The summed E-state index contributed by atoms with van der Waals surface area (Å²) in [4.78, 5) is 4.08. The molecule has 1 aromatic rings. The minimum atomic E-state index is 0.756. The molecule has 1 fully saturated rings. The molecule has 1 N–H and O–H groups in total. The topological polar surface area (TPSA) is 34.2 Å². The van der Waals surface area contributed by atoms with Crippen LogP contribution in [0.2, 0.25) is 0 Å². The highest BCUT2D eigenvalue weighted by Gasteiger charge is 2.13. The molecule has 2 rings (SSSR count). The predicted molar refractivity (Wildman–Crippen MR) is 61.0 cm³/mol. The van der Waals surface area contributed by atoms with Gasteiger partial charge in [-0.1, -0.05) is 0 Å². The smallest absolute Gasteiger partial charge is 0.0469 e. The van der Waals surface area contributed by atoms with Crippen LogP contribution in [0, 0.1) is 12.8 Å². The maximum atomic E-state index is 5.34. The molecule has 0 spiro atoms. The average Bonchev–Trinajstić information content (AvgIpc) is 2.29. The summed E-state index contributed by atoms with van der Waals surface area (Å²) in [6.45, 7) is 4.97. The number of nitrogens with zero attached hydrogens (tertiary/aromatic N) is 1. The molecule has 1 aromatic heterocycles. The number of anilines is 1. The molecule has 0 radical (unpaired) electrons. The van der Waals surface area contributed by atoms with Gasteiger partial charge in [-0.2, -0.15) is 0 Å². The van der Waals surface area contributed by atoms with E-state index in [4.69, 9.17) is 4.74 Å². The maximum Gasteiger partial charge on any atom is 0.0469 e. The fourth-order valence-corrected chi connectivity index (χ4v) is 1.88. The zero-order valence-electron chi connectivity index (χ0n) is 9.20. The third-order valence-electron chi connectivity index (χ3n) is 2.94. The minimum absolute atomic E-state index is 0.756. The summed E-state index contributed by atoms with van der Waals surface area (Å²) in [5, 5.41) is 3.49. The van der Waals surface area contributed by atoms with Crippen molar-refractivity contribution in [3.8, 4) is 0 Å². The molecule has 0 aliphatic carbocycles. The molecular formula is C12H18N2O. The van der Waals surface area contributed by atoms with E-state index < -0.39 is 0 Å². The number of rotatable bonds is 3. The molecule has 0 saturated carbocycles. The number of hydrogen-bond donors (Lipinski definition) is 1. The van der Waals surface area contributed by atoms with Gasteiger partial charge in [0.1, 0.15) is 0 Å². The van der Waals surface area contributed by atoms with Gasteiger partial charge >= 0.3 is 0 Å². The van der Waals surface area contributed by atoms with Crippen molar-refractivity contribution in [3.05, 3.63) is 24.0 Å². The van der Waals surface area contributed by atoms with E-state index in [2.05, 4.69) is 17.2 Å².